The Kier molecular flexibility index (Phi) is 5.18. The molecule has 0 saturated carbocycles. The Labute approximate surface area is 170 Å². The summed E-state index contributed by atoms with van der Waals surface area (Å²) in [5, 5.41) is 14.1. The molecule has 1 amide bonds. The monoisotopic (exact) mass is 406 g/mol. The number of hydrogen-bond donors (Lipinski definition) is 1. The zero-order chi connectivity index (χ0) is 19.5. The largest absolute Gasteiger partial charge is 0.320 e. The minimum absolute atomic E-state index is 0.00844. The Bertz CT molecular complexity index is 1100. The highest BCUT2D eigenvalue weighted by Crippen LogP contribution is 2.40. The lowest BCUT2D eigenvalue weighted by Gasteiger charge is -2.18. The number of amides is 1. The van der Waals surface area contributed by atoms with Crippen LogP contribution in [0, 0.1) is 10.1 Å². The number of benzene rings is 3. The molecule has 138 valence electrons. The molecule has 1 heterocycles. The molecule has 0 fully saturated rings. The van der Waals surface area contributed by atoms with E-state index >= 15 is 0 Å². The van der Waals surface area contributed by atoms with E-state index in [1.807, 2.05) is 54.6 Å². The summed E-state index contributed by atoms with van der Waals surface area (Å²) in [6.45, 7) is 0. The highest BCUT2D eigenvalue weighted by atomic mass is 32.2. The first kappa shape index (κ1) is 18.3. The number of para-hydroxylation sites is 1. The van der Waals surface area contributed by atoms with Crippen LogP contribution >= 0.6 is 23.5 Å². The van der Waals surface area contributed by atoms with Crippen molar-refractivity contribution >= 4 is 46.9 Å². The molecule has 0 radical (unpaired) electrons. The summed E-state index contributed by atoms with van der Waals surface area (Å²) in [6, 6.07) is 22.0. The van der Waals surface area contributed by atoms with Gasteiger partial charge in [-0.3, -0.25) is 14.9 Å². The third-order valence-corrected chi connectivity index (χ3v) is 6.24. The predicted molar refractivity (Wildman–Crippen MR) is 113 cm³/mol. The van der Waals surface area contributed by atoms with E-state index in [4.69, 9.17) is 0 Å². The minimum atomic E-state index is -0.428. The van der Waals surface area contributed by atoms with E-state index in [1.165, 1.54) is 35.7 Å². The fourth-order valence-electron chi connectivity index (χ4n) is 2.71. The quantitative estimate of drug-likeness (QED) is 0.335. The summed E-state index contributed by atoms with van der Waals surface area (Å²) < 4.78 is 0. The highest BCUT2D eigenvalue weighted by molar-refractivity contribution is 8.04. The lowest BCUT2D eigenvalue weighted by molar-refractivity contribution is -0.384. The first-order chi connectivity index (χ1) is 13.6. The van der Waals surface area contributed by atoms with E-state index in [0.29, 0.717) is 10.5 Å². The molecule has 4 rings (SSSR count). The topological polar surface area (TPSA) is 72.2 Å². The van der Waals surface area contributed by atoms with Crippen LogP contribution in [-0.4, -0.2) is 10.8 Å². The van der Waals surface area contributed by atoms with Gasteiger partial charge < -0.3 is 5.32 Å². The molecular formula is C21H14N2O3S2. The normalized spacial score (nSPS) is 14.4. The Morgan fingerprint density at radius 1 is 1.00 bits per heavy atom. The van der Waals surface area contributed by atoms with Crippen LogP contribution in [0.2, 0.25) is 0 Å². The van der Waals surface area contributed by atoms with Gasteiger partial charge in [-0.1, -0.05) is 53.9 Å². The van der Waals surface area contributed by atoms with Crippen LogP contribution in [0.15, 0.2) is 92.4 Å². The van der Waals surface area contributed by atoms with Crippen LogP contribution in [0.5, 0.6) is 0 Å². The zero-order valence-corrected chi connectivity index (χ0v) is 16.1. The molecule has 5 nitrogen and oxygen atoms in total. The molecule has 0 aliphatic carbocycles. The number of nitro groups is 1. The van der Waals surface area contributed by atoms with Crippen molar-refractivity contribution < 1.29 is 9.72 Å². The Morgan fingerprint density at radius 2 is 1.75 bits per heavy atom. The number of fused-ring (bicyclic) bond motifs is 1. The number of anilines is 1. The van der Waals surface area contributed by atoms with Gasteiger partial charge in [0.15, 0.2) is 0 Å². The number of carbonyl (C=O) groups is 1. The van der Waals surface area contributed by atoms with E-state index in [0.717, 1.165) is 20.4 Å². The van der Waals surface area contributed by atoms with Gasteiger partial charge in [-0.05, 0) is 42.0 Å². The maximum Gasteiger partial charge on any atom is 0.270 e. The molecule has 1 aliphatic heterocycles. The smallest absolute Gasteiger partial charge is 0.270 e. The first-order valence-corrected chi connectivity index (χ1v) is 10.0. The van der Waals surface area contributed by atoms with Crippen LogP contribution < -0.4 is 5.32 Å². The summed E-state index contributed by atoms with van der Waals surface area (Å²) >= 11 is 2.86. The fraction of sp³-hybridized carbons (Fsp3) is 0. The average Bonchev–Trinajstić information content (AvgIpc) is 2.70. The number of nitro benzene ring substituents is 1. The fourth-order valence-corrected chi connectivity index (χ4v) is 4.58. The van der Waals surface area contributed by atoms with Crippen LogP contribution in [0.3, 0.4) is 0 Å². The van der Waals surface area contributed by atoms with Gasteiger partial charge in [0.2, 0.25) is 0 Å². The molecule has 0 spiro atoms. The number of non-ortho nitro benzene ring substituents is 1. The second-order valence-electron chi connectivity index (χ2n) is 5.96. The van der Waals surface area contributed by atoms with E-state index in [2.05, 4.69) is 5.32 Å². The van der Waals surface area contributed by atoms with Crippen molar-refractivity contribution in [3.8, 4) is 0 Å². The van der Waals surface area contributed by atoms with E-state index < -0.39 is 4.92 Å². The summed E-state index contributed by atoms with van der Waals surface area (Å²) in [5.41, 5.74) is 1.40. The highest BCUT2D eigenvalue weighted by Gasteiger charge is 2.21. The van der Waals surface area contributed by atoms with Crippen LogP contribution in [0.4, 0.5) is 11.4 Å². The first-order valence-electron chi connectivity index (χ1n) is 8.41. The van der Waals surface area contributed by atoms with Crippen LogP contribution in [-0.2, 0) is 4.79 Å². The molecule has 0 bridgehead atoms. The number of thioether (sulfide) groups is 1. The maximum absolute atomic E-state index is 12.5. The van der Waals surface area contributed by atoms with Crippen molar-refractivity contribution in [1.82, 2.24) is 0 Å². The maximum atomic E-state index is 12.5. The lowest BCUT2D eigenvalue weighted by Crippen LogP contribution is -2.17. The number of nitrogens with one attached hydrogen (secondary N) is 1. The van der Waals surface area contributed by atoms with Crippen molar-refractivity contribution in [2.75, 3.05) is 5.32 Å². The number of nitrogens with zero attached hydrogens (tertiary/aromatic N) is 1. The number of rotatable bonds is 4. The minimum Gasteiger partial charge on any atom is -0.320 e. The van der Waals surface area contributed by atoms with Crippen LogP contribution in [0.25, 0.3) is 6.08 Å². The van der Waals surface area contributed by atoms with Crippen molar-refractivity contribution in [1.29, 1.82) is 0 Å². The summed E-state index contributed by atoms with van der Waals surface area (Å²) in [7, 11) is 0. The molecule has 0 unspecified atom stereocenters. The molecule has 0 atom stereocenters. The van der Waals surface area contributed by atoms with Crippen molar-refractivity contribution in [3.63, 3.8) is 0 Å². The molecule has 0 saturated heterocycles. The molecule has 1 aliphatic rings. The summed E-state index contributed by atoms with van der Waals surface area (Å²) in [5.74, 6) is -0.217. The third kappa shape index (κ3) is 3.95. The van der Waals surface area contributed by atoms with E-state index in [9.17, 15) is 14.9 Å². The molecule has 0 aromatic heterocycles. The predicted octanol–water partition coefficient (Wildman–Crippen LogP) is 5.83. The summed E-state index contributed by atoms with van der Waals surface area (Å²) in [6.07, 6.45) is 1.72. The second-order valence-corrected chi connectivity index (χ2v) is 8.15. The Balaban J connectivity index is 1.75. The molecule has 28 heavy (non-hydrogen) atoms. The van der Waals surface area contributed by atoms with Crippen molar-refractivity contribution in [2.45, 2.75) is 14.7 Å². The molecule has 1 N–H and O–H groups in total. The Hall–Kier alpha value is -3.03. The van der Waals surface area contributed by atoms with Gasteiger partial charge in [0.25, 0.3) is 11.6 Å². The van der Waals surface area contributed by atoms with Crippen LogP contribution in [0.1, 0.15) is 5.56 Å². The van der Waals surface area contributed by atoms with Gasteiger partial charge >= 0.3 is 0 Å². The van der Waals surface area contributed by atoms with Gasteiger partial charge in [-0.2, -0.15) is 0 Å². The standard InChI is InChI=1S/C21H14N2O3S2/c24-21-20(28-19-9-5-4-8-17(19)22-21)13-14-12-15(23(25)26)10-11-18(14)27-16-6-2-1-3-7-16/h1-13H,(H,22,24)/b20-13+. The average molecular weight is 406 g/mol. The molecule has 7 heteroatoms. The second kappa shape index (κ2) is 7.92. The lowest BCUT2D eigenvalue weighted by atomic mass is 10.2. The van der Waals surface area contributed by atoms with Gasteiger partial charge in [0.1, 0.15) is 0 Å². The van der Waals surface area contributed by atoms with E-state index in [1.54, 1.807) is 12.1 Å². The van der Waals surface area contributed by atoms with Gasteiger partial charge in [-0.15, -0.1) is 0 Å². The van der Waals surface area contributed by atoms with Crippen molar-refractivity contribution in [3.05, 3.63) is 93.4 Å². The number of carbonyl (C=O) groups excluding carboxylic acids is 1. The van der Waals surface area contributed by atoms with Gasteiger partial charge in [-0.25, -0.2) is 0 Å². The molecule has 3 aromatic rings. The summed E-state index contributed by atoms with van der Waals surface area (Å²) in [4.78, 5) is 26.6. The molecule has 3 aromatic carbocycles. The zero-order valence-electron chi connectivity index (χ0n) is 14.5. The third-order valence-electron chi connectivity index (χ3n) is 4.04. The van der Waals surface area contributed by atoms with E-state index in [-0.39, 0.29) is 11.6 Å². The number of hydrogen-bond acceptors (Lipinski definition) is 5. The molecular weight excluding hydrogens is 392 g/mol. The SMILES string of the molecule is O=C1Nc2ccccc2S/C1=C/c1cc([N+](=O)[O-])ccc1Sc1ccccc1. The van der Waals surface area contributed by atoms with Crippen molar-refractivity contribution in [2.24, 2.45) is 0 Å². The van der Waals surface area contributed by atoms with Gasteiger partial charge in [0, 0.05) is 26.8 Å². The van der Waals surface area contributed by atoms with Gasteiger partial charge in [0.05, 0.1) is 15.5 Å². The Morgan fingerprint density at radius 3 is 2.54 bits per heavy atom.